The van der Waals surface area contributed by atoms with Gasteiger partial charge in [-0.3, -0.25) is 4.90 Å². The second kappa shape index (κ2) is 4.77. The van der Waals surface area contributed by atoms with Crippen LogP contribution in [0.4, 0.5) is 0 Å². The summed E-state index contributed by atoms with van der Waals surface area (Å²) in [6, 6.07) is 11.4. The Labute approximate surface area is 92.3 Å². The first kappa shape index (κ1) is 10.7. The van der Waals surface area contributed by atoms with Gasteiger partial charge in [0.2, 0.25) is 0 Å². The van der Waals surface area contributed by atoms with Gasteiger partial charge < -0.3 is 5.32 Å². The first-order chi connectivity index (χ1) is 7.33. The quantitative estimate of drug-likeness (QED) is 0.809. The van der Waals surface area contributed by atoms with Crippen LogP contribution < -0.4 is 5.32 Å². The number of hydrogen-bond acceptors (Lipinski definition) is 2. The minimum atomic E-state index is 0.596. The number of nitrogens with zero attached hydrogens (tertiary/aromatic N) is 1. The van der Waals surface area contributed by atoms with E-state index in [1.807, 2.05) is 7.05 Å². The molecule has 2 heteroatoms. The lowest BCUT2D eigenvalue weighted by Crippen LogP contribution is -2.26. The van der Waals surface area contributed by atoms with Crippen LogP contribution in [-0.2, 0) is 0 Å². The van der Waals surface area contributed by atoms with Gasteiger partial charge in [0.15, 0.2) is 0 Å². The molecule has 1 aliphatic heterocycles. The van der Waals surface area contributed by atoms with E-state index in [9.17, 15) is 0 Å². The predicted octanol–water partition coefficient (Wildman–Crippen LogP) is 1.90. The third kappa shape index (κ3) is 2.21. The Morgan fingerprint density at radius 2 is 2.07 bits per heavy atom. The number of rotatable bonds is 3. The Hall–Kier alpha value is -0.860. The van der Waals surface area contributed by atoms with E-state index in [0.717, 1.165) is 12.5 Å². The highest BCUT2D eigenvalue weighted by atomic mass is 15.2. The second-order valence-corrected chi connectivity index (χ2v) is 4.44. The first-order valence-electron chi connectivity index (χ1n) is 5.72. The van der Waals surface area contributed by atoms with Crippen LogP contribution in [-0.4, -0.2) is 32.1 Å². The van der Waals surface area contributed by atoms with Crippen LogP contribution in [0.3, 0.4) is 0 Å². The molecule has 1 aliphatic rings. The van der Waals surface area contributed by atoms with Crippen molar-refractivity contribution in [2.75, 3.05) is 27.2 Å². The highest BCUT2D eigenvalue weighted by Gasteiger charge is 2.31. The van der Waals surface area contributed by atoms with Gasteiger partial charge in [-0.25, -0.2) is 0 Å². The third-order valence-electron chi connectivity index (χ3n) is 3.38. The summed E-state index contributed by atoms with van der Waals surface area (Å²) in [6.45, 7) is 2.33. The van der Waals surface area contributed by atoms with E-state index in [2.05, 4.69) is 47.6 Å². The Morgan fingerprint density at radius 1 is 1.33 bits per heavy atom. The fraction of sp³-hybridized carbons (Fsp3) is 0.538. The maximum absolute atomic E-state index is 3.30. The molecular weight excluding hydrogens is 184 g/mol. The largest absolute Gasteiger partial charge is 0.319 e. The molecule has 1 heterocycles. The van der Waals surface area contributed by atoms with Crippen LogP contribution in [0.2, 0.25) is 0 Å². The van der Waals surface area contributed by atoms with E-state index in [1.165, 1.54) is 18.5 Å². The van der Waals surface area contributed by atoms with Crippen molar-refractivity contribution in [2.24, 2.45) is 5.92 Å². The molecule has 0 amide bonds. The van der Waals surface area contributed by atoms with Crippen LogP contribution in [0.5, 0.6) is 0 Å². The van der Waals surface area contributed by atoms with Crippen LogP contribution in [0.25, 0.3) is 0 Å². The molecule has 1 fully saturated rings. The zero-order valence-corrected chi connectivity index (χ0v) is 9.61. The molecule has 0 aliphatic carbocycles. The molecular formula is C13H20N2. The van der Waals surface area contributed by atoms with Crippen molar-refractivity contribution >= 4 is 0 Å². The predicted molar refractivity (Wildman–Crippen MR) is 63.8 cm³/mol. The van der Waals surface area contributed by atoms with Crippen molar-refractivity contribution in [1.82, 2.24) is 10.2 Å². The lowest BCUT2D eigenvalue weighted by molar-refractivity contribution is 0.274. The molecule has 1 aromatic rings. The van der Waals surface area contributed by atoms with E-state index in [0.29, 0.717) is 6.04 Å². The molecule has 1 saturated heterocycles. The highest BCUT2D eigenvalue weighted by Crippen LogP contribution is 2.35. The van der Waals surface area contributed by atoms with Crippen molar-refractivity contribution in [3.63, 3.8) is 0 Å². The summed E-state index contributed by atoms with van der Waals surface area (Å²) in [4.78, 5) is 2.47. The van der Waals surface area contributed by atoms with Gasteiger partial charge in [-0.2, -0.15) is 0 Å². The van der Waals surface area contributed by atoms with E-state index in [-0.39, 0.29) is 0 Å². The van der Waals surface area contributed by atoms with Crippen molar-refractivity contribution in [3.8, 4) is 0 Å². The van der Waals surface area contributed by atoms with Gasteiger partial charge in [0, 0.05) is 6.04 Å². The Balaban J connectivity index is 2.17. The molecule has 0 spiro atoms. The first-order valence-corrected chi connectivity index (χ1v) is 5.72. The molecule has 2 nitrogen and oxygen atoms in total. The van der Waals surface area contributed by atoms with E-state index < -0.39 is 0 Å². The van der Waals surface area contributed by atoms with E-state index in [4.69, 9.17) is 0 Å². The van der Waals surface area contributed by atoms with Crippen LogP contribution >= 0.6 is 0 Å². The Morgan fingerprint density at radius 3 is 2.73 bits per heavy atom. The summed E-state index contributed by atoms with van der Waals surface area (Å²) in [7, 11) is 4.27. The average Bonchev–Trinajstić information content (AvgIpc) is 2.62. The summed E-state index contributed by atoms with van der Waals surface area (Å²) in [5.74, 6) is 0.752. The molecule has 2 rings (SSSR count). The summed E-state index contributed by atoms with van der Waals surface area (Å²) in [6.07, 6.45) is 1.30. The monoisotopic (exact) mass is 204 g/mol. The fourth-order valence-electron chi connectivity index (χ4n) is 2.68. The molecule has 0 radical (unpaired) electrons. The van der Waals surface area contributed by atoms with Gasteiger partial charge in [0.05, 0.1) is 0 Å². The van der Waals surface area contributed by atoms with E-state index in [1.54, 1.807) is 0 Å². The number of likely N-dealkylation sites (tertiary alicyclic amines) is 1. The van der Waals surface area contributed by atoms with Crippen molar-refractivity contribution < 1.29 is 0 Å². The molecule has 0 saturated carbocycles. The molecule has 82 valence electrons. The number of benzene rings is 1. The Bertz CT molecular complexity index is 295. The van der Waals surface area contributed by atoms with Gasteiger partial charge in [-0.05, 0) is 45.1 Å². The van der Waals surface area contributed by atoms with Gasteiger partial charge in [-0.15, -0.1) is 0 Å². The summed E-state index contributed by atoms with van der Waals surface area (Å²) < 4.78 is 0. The highest BCUT2D eigenvalue weighted by molar-refractivity contribution is 5.21. The third-order valence-corrected chi connectivity index (χ3v) is 3.38. The molecule has 15 heavy (non-hydrogen) atoms. The van der Waals surface area contributed by atoms with Crippen LogP contribution in [0.1, 0.15) is 18.0 Å². The van der Waals surface area contributed by atoms with Gasteiger partial charge in [0.1, 0.15) is 0 Å². The van der Waals surface area contributed by atoms with Crippen LogP contribution in [0.15, 0.2) is 30.3 Å². The maximum Gasteiger partial charge on any atom is 0.0385 e. The summed E-state index contributed by atoms with van der Waals surface area (Å²) in [5.41, 5.74) is 1.46. The standard InChI is InChI=1S/C13H20N2/c1-14-10-12-8-9-15(2)13(12)11-6-4-3-5-7-11/h3-7,12-14H,8-10H2,1-2H3. The lowest BCUT2D eigenvalue weighted by atomic mass is 9.94. The minimum Gasteiger partial charge on any atom is -0.319 e. The van der Waals surface area contributed by atoms with Crippen LogP contribution in [0, 0.1) is 5.92 Å². The molecule has 1 aromatic carbocycles. The molecule has 2 unspecified atom stereocenters. The molecule has 1 N–H and O–H groups in total. The smallest absolute Gasteiger partial charge is 0.0385 e. The van der Waals surface area contributed by atoms with Crippen molar-refractivity contribution in [2.45, 2.75) is 12.5 Å². The minimum absolute atomic E-state index is 0.596. The molecule has 0 aromatic heterocycles. The average molecular weight is 204 g/mol. The van der Waals surface area contributed by atoms with Crippen molar-refractivity contribution in [3.05, 3.63) is 35.9 Å². The zero-order chi connectivity index (χ0) is 10.7. The summed E-state index contributed by atoms with van der Waals surface area (Å²) >= 11 is 0. The topological polar surface area (TPSA) is 15.3 Å². The molecule has 2 atom stereocenters. The van der Waals surface area contributed by atoms with Crippen molar-refractivity contribution in [1.29, 1.82) is 0 Å². The fourth-order valence-corrected chi connectivity index (χ4v) is 2.68. The SMILES string of the molecule is CNCC1CCN(C)C1c1ccccc1. The zero-order valence-electron chi connectivity index (χ0n) is 9.61. The maximum atomic E-state index is 3.30. The van der Waals surface area contributed by atoms with E-state index >= 15 is 0 Å². The second-order valence-electron chi connectivity index (χ2n) is 4.44. The Kier molecular flexibility index (Phi) is 3.39. The summed E-state index contributed by atoms with van der Waals surface area (Å²) in [5, 5.41) is 3.30. The van der Waals surface area contributed by atoms with Gasteiger partial charge in [-0.1, -0.05) is 30.3 Å². The number of nitrogens with one attached hydrogen (secondary N) is 1. The van der Waals surface area contributed by atoms with Gasteiger partial charge >= 0.3 is 0 Å². The normalized spacial score (nSPS) is 27.1. The number of hydrogen-bond donors (Lipinski definition) is 1. The van der Waals surface area contributed by atoms with Gasteiger partial charge in [0.25, 0.3) is 0 Å². The molecule has 0 bridgehead atoms. The lowest BCUT2D eigenvalue weighted by Gasteiger charge is -2.25.